The van der Waals surface area contributed by atoms with Crippen molar-refractivity contribution in [1.29, 1.82) is 0 Å². The Morgan fingerprint density at radius 3 is 2.29 bits per heavy atom. The van der Waals surface area contributed by atoms with Crippen LogP contribution in [0, 0.1) is 0 Å². The van der Waals surface area contributed by atoms with Gasteiger partial charge in [-0.25, -0.2) is 0 Å². The topological polar surface area (TPSA) is 111 Å². The van der Waals surface area contributed by atoms with Gasteiger partial charge in [-0.3, -0.25) is 5.32 Å². The first-order valence-corrected chi connectivity index (χ1v) is 4.49. The van der Waals surface area contributed by atoms with E-state index in [0.29, 0.717) is 6.42 Å². The lowest BCUT2D eigenvalue weighted by Crippen LogP contribution is -2.57. The van der Waals surface area contributed by atoms with E-state index in [1.165, 1.54) is 0 Å². The van der Waals surface area contributed by atoms with Crippen molar-refractivity contribution in [3.05, 3.63) is 0 Å². The molecule has 14 heavy (non-hydrogen) atoms. The molecule has 0 amide bonds. The number of hydrogen-bond acceptors (Lipinski definition) is 5. The first kappa shape index (κ1) is 13.2. The minimum atomic E-state index is -0.823. The summed E-state index contributed by atoms with van der Waals surface area (Å²) in [5, 5.41) is 32.3. The van der Waals surface area contributed by atoms with Crippen molar-refractivity contribution < 1.29 is 15.4 Å². The maximum atomic E-state index is 9.02. The van der Waals surface area contributed by atoms with Gasteiger partial charge in [-0.2, -0.15) is 0 Å². The average Bonchev–Trinajstić information content (AvgIpc) is 2.24. The average molecular weight is 205 g/mol. The van der Waals surface area contributed by atoms with Gasteiger partial charge in [0.05, 0.1) is 24.8 Å². The van der Waals surface area contributed by atoms with Crippen LogP contribution in [0.5, 0.6) is 0 Å². The van der Waals surface area contributed by atoms with Crippen molar-refractivity contribution in [2.24, 2.45) is 10.9 Å². The van der Waals surface area contributed by atoms with Crippen molar-refractivity contribution in [2.45, 2.75) is 31.8 Å². The van der Waals surface area contributed by atoms with Crippen LogP contribution in [0.1, 0.15) is 20.3 Å². The van der Waals surface area contributed by atoms with E-state index in [0.717, 1.165) is 0 Å². The normalized spacial score (nSPS) is 15.6. The molecule has 0 heterocycles. The predicted octanol–water partition coefficient (Wildman–Crippen LogP) is -1.16. The Balaban J connectivity index is 4.44. The van der Waals surface area contributed by atoms with Crippen LogP contribution in [0.15, 0.2) is 5.16 Å². The summed E-state index contributed by atoms with van der Waals surface area (Å²) in [7, 11) is 0. The van der Waals surface area contributed by atoms with Gasteiger partial charge in [0.2, 0.25) is 0 Å². The van der Waals surface area contributed by atoms with Crippen molar-refractivity contribution in [3.63, 3.8) is 0 Å². The van der Waals surface area contributed by atoms with Gasteiger partial charge >= 0.3 is 0 Å². The molecule has 6 N–H and O–H groups in total. The van der Waals surface area contributed by atoms with Gasteiger partial charge in [0, 0.05) is 0 Å². The Kier molecular flexibility index (Phi) is 5.44. The number of oxime groups is 1. The molecule has 6 nitrogen and oxygen atoms in total. The lowest BCUT2D eigenvalue weighted by molar-refractivity contribution is 0.0993. The molecule has 0 fully saturated rings. The molecule has 0 aromatic carbocycles. The van der Waals surface area contributed by atoms with Crippen LogP contribution in [0.3, 0.4) is 0 Å². The maximum absolute atomic E-state index is 9.02. The highest BCUT2D eigenvalue weighted by molar-refractivity contribution is 5.85. The molecule has 6 heteroatoms. The fraction of sp³-hybridized carbons (Fsp3) is 0.875. The van der Waals surface area contributed by atoms with E-state index >= 15 is 0 Å². The number of rotatable bonds is 6. The standard InChI is InChI=1S/C8H19N3O3/c1-3-6(7(9)11-14)10-8(2,4-12)5-13/h6,10,12-14H,3-5H2,1-2H3,(H2,9,11). The Morgan fingerprint density at radius 2 is 2.00 bits per heavy atom. The lowest BCUT2D eigenvalue weighted by atomic mass is 10.0. The second kappa shape index (κ2) is 5.79. The van der Waals surface area contributed by atoms with Crippen LogP contribution in [0.2, 0.25) is 0 Å². The van der Waals surface area contributed by atoms with E-state index in [1.54, 1.807) is 6.92 Å². The Labute approximate surface area is 83.4 Å². The molecule has 0 radical (unpaired) electrons. The Hall–Kier alpha value is -0.850. The summed E-state index contributed by atoms with van der Waals surface area (Å²) in [6, 6.07) is -0.357. The van der Waals surface area contributed by atoms with E-state index in [9.17, 15) is 0 Å². The second-order valence-electron chi connectivity index (χ2n) is 3.51. The summed E-state index contributed by atoms with van der Waals surface area (Å²) in [5.74, 6) is 0.0422. The SMILES string of the molecule is CCC(NC(C)(CO)CO)C(N)=NO. The molecule has 0 aliphatic heterocycles. The molecule has 0 aliphatic carbocycles. The smallest absolute Gasteiger partial charge is 0.156 e. The van der Waals surface area contributed by atoms with Gasteiger partial charge in [-0.05, 0) is 13.3 Å². The molecule has 1 atom stereocenters. The highest BCUT2D eigenvalue weighted by Gasteiger charge is 2.26. The maximum Gasteiger partial charge on any atom is 0.156 e. The number of aliphatic hydroxyl groups excluding tert-OH is 2. The zero-order valence-electron chi connectivity index (χ0n) is 8.56. The third-order valence-electron chi connectivity index (χ3n) is 2.10. The van der Waals surface area contributed by atoms with Crippen LogP contribution in [0.4, 0.5) is 0 Å². The summed E-state index contributed by atoms with van der Waals surface area (Å²) in [5.41, 5.74) is 4.60. The first-order chi connectivity index (χ1) is 6.52. The van der Waals surface area contributed by atoms with Crippen molar-refractivity contribution >= 4 is 5.84 Å². The number of aliphatic hydroxyl groups is 2. The number of nitrogens with one attached hydrogen (secondary N) is 1. The molecular formula is C8H19N3O3. The molecule has 0 saturated carbocycles. The zero-order valence-corrected chi connectivity index (χ0v) is 8.56. The number of hydrogen-bond donors (Lipinski definition) is 5. The highest BCUT2D eigenvalue weighted by Crippen LogP contribution is 2.05. The quantitative estimate of drug-likeness (QED) is 0.163. The van der Waals surface area contributed by atoms with Gasteiger partial charge in [-0.1, -0.05) is 12.1 Å². The van der Waals surface area contributed by atoms with E-state index in [4.69, 9.17) is 21.2 Å². The lowest BCUT2D eigenvalue weighted by Gasteiger charge is -2.30. The van der Waals surface area contributed by atoms with Gasteiger partial charge in [-0.15, -0.1) is 0 Å². The molecule has 1 unspecified atom stereocenters. The molecule has 0 aromatic rings. The molecule has 0 aromatic heterocycles. The molecule has 0 spiro atoms. The van der Waals surface area contributed by atoms with Crippen LogP contribution < -0.4 is 11.1 Å². The van der Waals surface area contributed by atoms with Gasteiger partial charge in [0.25, 0.3) is 0 Å². The molecule has 0 saturated heterocycles. The van der Waals surface area contributed by atoms with E-state index in [2.05, 4.69) is 10.5 Å². The van der Waals surface area contributed by atoms with Gasteiger partial charge in [0.15, 0.2) is 5.84 Å². The largest absolute Gasteiger partial charge is 0.409 e. The summed E-state index contributed by atoms with van der Waals surface area (Å²) >= 11 is 0. The summed E-state index contributed by atoms with van der Waals surface area (Å²) < 4.78 is 0. The molecule has 0 bridgehead atoms. The Morgan fingerprint density at radius 1 is 1.50 bits per heavy atom. The van der Waals surface area contributed by atoms with Crippen LogP contribution in [-0.4, -0.2) is 46.1 Å². The van der Waals surface area contributed by atoms with Crippen LogP contribution in [-0.2, 0) is 0 Å². The fourth-order valence-electron chi connectivity index (χ4n) is 1.02. The van der Waals surface area contributed by atoms with E-state index < -0.39 is 5.54 Å². The van der Waals surface area contributed by atoms with Crippen LogP contribution >= 0.6 is 0 Å². The summed E-state index contributed by atoms with van der Waals surface area (Å²) in [6.07, 6.45) is 0.603. The third kappa shape index (κ3) is 3.49. The number of amidine groups is 1. The molecule has 0 rings (SSSR count). The number of nitrogens with zero attached hydrogens (tertiary/aromatic N) is 1. The molecular weight excluding hydrogens is 186 g/mol. The zero-order chi connectivity index (χ0) is 11.2. The second-order valence-corrected chi connectivity index (χ2v) is 3.51. The Bertz CT molecular complexity index is 192. The monoisotopic (exact) mass is 205 g/mol. The van der Waals surface area contributed by atoms with Crippen molar-refractivity contribution in [1.82, 2.24) is 5.32 Å². The third-order valence-corrected chi connectivity index (χ3v) is 2.10. The molecule has 84 valence electrons. The van der Waals surface area contributed by atoms with Crippen LogP contribution in [0.25, 0.3) is 0 Å². The van der Waals surface area contributed by atoms with E-state index in [1.807, 2.05) is 6.92 Å². The van der Waals surface area contributed by atoms with Crippen molar-refractivity contribution in [2.75, 3.05) is 13.2 Å². The summed E-state index contributed by atoms with van der Waals surface area (Å²) in [6.45, 7) is 3.06. The first-order valence-electron chi connectivity index (χ1n) is 4.49. The summed E-state index contributed by atoms with van der Waals surface area (Å²) in [4.78, 5) is 0. The minimum Gasteiger partial charge on any atom is -0.409 e. The number of nitrogens with two attached hydrogens (primary N) is 1. The predicted molar refractivity (Wildman–Crippen MR) is 53.2 cm³/mol. The molecule has 0 aliphatic rings. The van der Waals surface area contributed by atoms with E-state index in [-0.39, 0.29) is 25.1 Å². The fourth-order valence-corrected chi connectivity index (χ4v) is 1.02. The highest BCUT2D eigenvalue weighted by atomic mass is 16.4. The van der Waals surface area contributed by atoms with Crippen molar-refractivity contribution in [3.8, 4) is 0 Å². The minimum absolute atomic E-state index is 0.0422. The van der Waals surface area contributed by atoms with Gasteiger partial charge in [0.1, 0.15) is 0 Å². The van der Waals surface area contributed by atoms with Gasteiger partial charge < -0.3 is 21.2 Å².